The molecule has 1 unspecified atom stereocenters. The van der Waals surface area contributed by atoms with Gasteiger partial charge in [-0.05, 0) is 30.5 Å². The predicted octanol–water partition coefficient (Wildman–Crippen LogP) is 2.64. The van der Waals surface area contributed by atoms with Crippen molar-refractivity contribution in [1.29, 1.82) is 0 Å². The van der Waals surface area contributed by atoms with Crippen LogP contribution in [0.1, 0.15) is 20.3 Å². The van der Waals surface area contributed by atoms with E-state index in [0.717, 1.165) is 10.2 Å². The second kappa shape index (κ2) is 10.7. The molecule has 0 radical (unpaired) electrons. The van der Waals surface area contributed by atoms with Crippen molar-refractivity contribution in [3.63, 3.8) is 0 Å². The number of halogens is 1. The van der Waals surface area contributed by atoms with Gasteiger partial charge in [0.25, 0.3) is 0 Å². The van der Waals surface area contributed by atoms with Crippen molar-refractivity contribution in [2.24, 2.45) is 5.92 Å². The Labute approximate surface area is 149 Å². The van der Waals surface area contributed by atoms with Gasteiger partial charge in [-0.25, -0.2) is 0 Å². The molecule has 128 valence electrons. The highest BCUT2D eigenvalue weighted by molar-refractivity contribution is 9.10. The molecule has 0 aliphatic rings. The van der Waals surface area contributed by atoms with Crippen LogP contribution in [0.15, 0.2) is 28.7 Å². The molecule has 1 rings (SSSR count). The molecule has 23 heavy (non-hydrogen) atoms. The van der Waals surface area contributed by atoms with Crippen LogP contribution in [0.2, 0.25) is 0 Å². The number of thioether (sulfide) groups is 1. The van der Waals surface area contributed by atoms with Crippen LogP contribution in [0.3, 0.4) is 0 Å². The molecule has 0 spiro atoms. The fourth-order valence-corrected chi connectivity index (χ4v) is 2.79. The van der Waals surface area contributed by atoms with Crippen LogP contribution in [-0.2, 0) is 9.59 Å². The number of nitrogens with one attached hydrogen (secondary N) is 2. The molecule has 3 N–H and O–H groups in total. The van der Waals surface area contributed by atoms with Crippen molar-refractivity contribution < 1.29 is 14.7 Å². The third-order valence-electron chi connectivity index (χ3n) is 3.11. The van der Waals surface area contributed by atoms with Gasteiger partial charge >= 0.3 is 0 Å². The number of benzene rings is 1. The van der Waals surface area contributed by atoms with Crippen LogP contribution in [0.25, 0.3) is 0 Å². The van der Waals surface area contributed by atoms with Crippen molar-refractivity contribution >= 4 is 45.2 Å². The van der Waals surface area contributed by atoms with Crippen LogP contribution in [0, 0.1) is 5.92 Å². The van der Waals surface area contributed by atoms with Gasteiger partial charge in [0.15, 0.2) is 0 Å². The minimum Gasteiger partial charge on any atom is -0.393 e. The zero-order valence-electron chi connectivity index (χ0n) is 13.3. The highest BCUT2D eigenvalue weighted by Gasteiger charge is 2.10. The van der Waals surface area contributed by atoms with Gasteiger partial charge in [0.05, 0.1) is 17.6 Å². The van der Waals surface area contributed by atoms with Gasteiger partial charge in [-0.1, -0.05) is 35.8 Å². The Hall–Kier alpha value is -1.05. The first-order valence-corrected chi connectivity index (χ1v) is 9.41. The van der Waals surface area contributed by atoms with E-state index in [4.69, 9.17) is 0 Å². The number of hydrogen-bond donors (Lipinski definition) is 3. The molecule has 1 aromatic rings. The maximum Gasteiger partial charge on any atom is 0.234 e. The van der Waals surface area contributed by atoms with Crippen LogP contribution >= 0.6 is 27.7 Å². The summed E-state index contributed by atoms with van der Waals surface area (Å²) in [6, 6.07) is 7.34. The monoisotopic (exact) mass is 402 g/mol. The van der Waals surface area contributed by atoms with E-state index in [1.165, 1.54) is 11.8 Å². The largest absolute Gasteiger partial charge is 0.393 e. The summed E-state index contributed by atoms with van der Waals surface area (Å²) < 4.78 is 0.894. The lowest BCUT2D eigenvalue weighted by molar-refractivity contribution is -0.118. The molecule has 0 aromatic heterocycles. The van der Waals surface area contributed by atoms with Crippen molar-refractivity contribution in [2.75, 3.05) is 23.4 Å². The molecule has 0 fully saturated rings. The topological polar surface area (TPSA) is 78.4 Å². The number of aliphatic hydroxyl groups excluding tert-OH is 1. The molecule has 0 aliphatic carbocycles. The van der Waals surface area contributed by atoms with Gasteiger partial charge in [0.1, 0.15) is 0 Å². The minimum atomic E-state index is -0.404. The highest BCUT2D eigenvalue weighted by Crippen LogP contribution is 2.15. The Morgan fingerprint density at radius 2 is 1.96 bits per heavy atom. The molecule has 0 saturated heterocycles. The van der Waals surface area contributed by atoms with E-state index in [2.05, 4.69) is 26.6 Å². The molecule has 0 aliphatic heterocycles. The lowest BCUT2D eigenvalue weighted by Gasteiger charge is -2.14. The van der Waals surface area contributed by atoms with E-state index in [-0.39, 0.29) is 29.2 Å². The molecule has 1 aromatic carbocycles. The SMILES string of the molecule is CC(C)C(O)CCNC(=O)CSCC(=O)Nc1cccc(Br)c1. The second-order valence-corrected chi connectivity index (χ2v) is 7.40. The third-order valence-corrected chi connectivity index (χ3v) is 4.53. The quantitative estimate of drug-likeness (QED) is 0.593. The van der Waals surface area contributed by atoms with Gasteiger partial charge in [0.2, 0.25) is 11.8 Å². The average Bonchev–Trinajstić information content (AvgIpc) is 2.46. The van der Waals surface area contributed by atoms with Crippen LogP contribution < -0.4 is 10.6 Å². The molecule has 0 saturated carbocycles. The molecular weight excluding hydrogens is 380 g/mol. The number of rotatable bonds is 9. The predicted molar refractivity (Wildman–Crippen MR) is 98.6 cm³/mol. The fraction of sp³-hybridized carbons (Fsp3) is 0.500. The van der Waals surface area contributed by atoms with Crippen LogP contribution in [-0.4, -0.2) is 41.1 Å². The summed E-state index contributed by atoms with van der Waals surface area (Å²) in [5.41, 5.74) is 0.720. The molecule has 1 atom stereocenters. The first kappa shape index (κ1) is 20.0. The number of aliphatic hydroxyl groups is 1. The first-order chi connectivity index (χ1) is 10.9. The molecule has 0 heterocycles. The van der Waals surface area contributed by atoms with Crippen LogP contribution in [0.5, 0.6) is 0 Å². The maximum absolute atomic E-state index is 11.8. The van der Waals surface area contributed by atoms with E-state index in [0.29, 0.717) is 13.0 Å². The van der Waals surface area contributed by atoms with E-state index in [1.807, 2.05) is 32.0 Å². The van der Waals surface area contributed by atoms with Crippen molar-refractivity contribution in [2.45, 2.75) is 26.4 Å². The Morgan fingerprint density at radius 3 is 2.61 bits per heavy atom. The number of hydrogen-bond acceptors (Lipinski definition) is 4. The minimum absolute atomic E-state index is 0.124. The Kier molecular flexibility index (Phi) is 9.28. The Morgan fingerprint density at radius 1 is 1.26 bits per heavy atom. The molecule has 2 amide bonds. The zero-order valence-corrected chi connectivity index (χ0v) is 15.7. The second-order valence-electron chi connectivity index (χ2n) is 5.50. The van der Waals surface area contributed by atoms with Crippen molar-refractivity contribution in [3.8, 4) is 0 Å². The molecule has 5 nitrogen and oxygen atoms in total. The third kappa shape index (κ3) is 8.98. The zero-order chi connectivity index (χ0) is 17.2. The summed E-state index contributed by atoms with van der Waals surface area (Å²) in [6.45, 7) is 4.32. The number of amides is 2. The normalized spacial score (nSPS) is 12.0. The fourth-order valence-electron chi connectivity index (χ4n) is 1.74. The molecule has 0 bridgehead atoms. The van der Waals surface area contributed by atoms with Crippen LogP contribution in [0.4, 0.5) is 5.69 Å². The van der Waals surface area contributed by atoms with Crippen molar-refractivity contribution in [3.05, 3.63) is 28.7 Å². The van der Waals surface area contributed by atoms with Gasteiger partial charge in [-0.3, -0.25) is 9.59 Å². The lowest BCUT2D eigenvalue weighted by Crippen LogP contribution is -2.30. The summed E-state index contributed by atoms with van der Waals surface area (Å²) in [7, 11) is 0. The Bertz CT molecular complexity index is 526. The summed E-state index contributed by atoms with van der Waals surface area (Å²) in [6.07, 6.45) is 0.135. The van der Waals surface area contributed by atoms with Gasteiger partial charge < -0.3 is 15.7 Å². The average molecular weight is 403 g/mol. The first-order valence-electron chi connectivity index (χ1n) is 7.46. The van der Waals surface area contributed by atoms with Gasteiger partial charge in [-0.2, -0.15) is 0 Å². The smallest absolute Gasteiger partial charge is 0.234 e. The maximum atomic E-state index is 11.8. The number of anilines is 1. The van der Waals surface area contributed by atoms with Gasteiger partial charge in [0, 0.05) is 16.7 Å². The van der Waals surface area contributed by atoms with E-state index in [9.17, 15) is 14.7 Å². The highest BCUT2D eigenvalue weighted by atomic mass is 79.9. The van der Waals surface area contributed by atoms with Gasteiger partial charge in [-0.15, -0.1) is 11.8 Å². The molecular formula is C16H23BrN2O3S. The standard InChI is InChI=1S/C16H23BrN2O3S/c1-11(2)14(20)6-7-18-15(21)9-23-10-16(22)19-13-5-3-4-12(17)8-13/h3-5,8,11,14,20H,6-7,9-10H2,1-2H3,(H,18,21)(H,19,22). The van der Waals surface area contributed by atoms with E-state index >= 15 is 0 Å². The number of carbonyl (C=O) groups is 2. The van der Waals surface area contributed by atoms with E-state index in [1.54, 1.807) is 6.07 Å². The van der Waals surface area contributed by atoms with Crippen molar-refractivity contribution in [1.82, 2.24) is 5.32 Å². The Balaban J connectivity index is 2.15. The lowest BCUT2D eigenvalue weighted by atomic mass is 10.0. The summed E-state index contributed by atoms with van der Waals surface area (Å²) in [5.74, 6) is 0.360. The molecule has 7 heteroatoms. The summed E-state index contributed by atoms with van der Waals surface area (Å²) in [4.78, 5) is 23.4. The summed E-state index contributed by atoms with van der Waals surface area (Å²) in [5, 5.41) is 15.1. The number of carbonyl (C=O) groups excluding carboxylic acids is 2. The summed E-state index contributed by atoms with van der Waals surface area (Å²) >= 11 is 4.60. The van der Waals surface area contributed by atoms with E-state index < -0.39 is 6.10 Å².